The molecule has 0 amide bonds. The number of hydrogen-bond acceptors (Lipinski definition) is 4. The lowest BCUT2D eigenvalue weighted by atomic mass is 9.72. The summed E-state index contributed by atoms with van der Waals surface area (Å²) in [6, 6.07) is 3.71. The Labute approximate surface area is 105 Å². The fraction of sp³-hybridized carbons (Fsp3) is 0.462. The molecule has 0 aliphatic heterocycles. The minimum Gasteiger partial charge on any atom is -0.508 e. The molecular weight excluding hydrogens is 234 g/mol. The molecule has 1 fully saturated rings. The molecule has 0 radical (unpaired) electrons. The van der Waals surface area contributed by atoms with Crippen LogP contribution in [0.4, 0.5) is 0 Å². The summed E-state index contributed by atoms with van der Waals surface area (Å²) in [6.45, 7) is 1.87. The van der Waals surface area contributed by atoms with Crippen LogP contribution < -0.4 is 0 Å². The van der Waals surface area contributed by atoms with Gasteiger partial charge in [0.2, 0.25) is 6.08 Å². The second-order valence-corrected chi connectivity index (χ2v) is 5.28. The van der Waals surface area contributed by atoms with E-state index in [1.807, 2.05) is 19.2 Å². The van der Waals surface area contributed by atoms with Crippen molar-refractivity contribution in [3.63, 3.8) is 0 Å². The molecule has 0 atom stereocenters. The van der Waals surface area contributed by atoms with Crippen LogP contribution in [0.15, 0.2) is 22.0 Å². The molecule has 0 unspecified atom stereocenters. The Morgan fingerprint density at radius 2 is 2.18 bits per heavy atom. The molecule has 1 aromatic rings. The topological polar surface area (TPSA) is 49.7 Å². The predicted molar refractivity (Wildman–Crippen MR) is 68.3 cm³/mol. The minimum absolute atomic E-state index is 0.269. The van der Waals surface area contributed by atoms with Crippen LogP contribution in [0, 0.1) is 6.92 Å². The van der Waals surface area contributed by atoms with E-state index in [9.17, 15) is 9.90 Å². The van der Waals surface area contributed by atoms with Gasteiger partial charge in [-0.25, -0.2) is 4.79 Å². The highest BCUT2D eigenvalue weighted by atomic mass is 32.2. The fourth-order valence-corrected chi connectivity index (χ4v) is 3.01. The van der Waals surface area contributed by atoms with Crippen LogP contribution in [0.1, 0.15) is 30.4 Å². The SMILES string of the molecule is CSc1cc(C)c(O)cc1C1(N=C=O)CCC1. The van der Waals surface area contributed by atoms with Gasteiger partial charge in [-0.2, -0.15) is 4.99 Å². The molecule has 0 aromatic heterocycles. The van der Waals surface area contributed by atoms with Gasteiger partial charge in [0, 0.05) is 4.90 Å². The largest absolute Gasteiger partial charge is 0.508 e. The number of rotatable bonds is 3. The van der Waals surface area contributed by atoms with Gasteiger partial charge >= 0.3 is 0 Å². The van der Waals surface area contributed by atoms with Crippen LogP contribution in [0.25, 0.3) is 0 Å². The van der Waals surface area contributed by atoms with Gasteiger partial charge in [-0.1, -0.05) is 0 Å². The van der Waals surface area contributed by atoms with Crippen molar-refractivity contribution in [1.29, 1.82) is 0 Å². The maximum atomic E-state index is 10.6. The van der Waals surface area contributed by atoms with Crippen LogP contribution >= 0.6 is 11.8 Å². The zero-order chi connectivity index (χ0) is 12.5. The van der Waals surface area contributed by atoms with Crippen molar-refractivity contribution in [2.24, 2.45) is 4.99 Å². The van der Waals surface area contributed by atoms with Gasteiger partial charge in [0.15, 0.2) is 0 Å². The number of nitrogens with zero attached hydrogens (tertiary/aromatic N) is 1. The van der Waals surface area contributed by atoms with E-state index >= 15 is 0 Å². The monoisotopic (exact) mass is 249 g/mol. The van der Waals surface area contributed by atoms with Gasteiger partial charge in [0.25, 0.3) is 0 Å². The van der Waals surface area contributed by atoms with E-state index < -0.39 is 5.54 Å². The number of thioether (sulfide) groups is 1. The number of phenolic OH excluding ortho intramolecular Hbond substituents is 1. The van der Waals surface area contributed by atoms with E-state index in [-0.39, 0.29) is 5.75 Å². The quantitative estimate of drug-likeness (QED) is 0.508. The maximum absolute atomic E-state index is 10.6. The smallest absolute Gasteiger partial charge is 0.235 e. The summed E-state index contributed by atoms with van der Waals surface area (Å²) >= 11 is 1.62. The van der Waals surface area contributed by atoms with Crippen LogP contribution in [-0.4, -0.2) is 17.4 Å². The Balaban J connectivity index is 2.57. The van der Waals surface area contributed by atoms with E-state index in [1.165, 1.54) is 0 Å². The molecule has 2 rings (SSSR count). The highest BCUT2D eigenvalue weighted by molar-refractivity contribution is 7.98. The lowest BCUT2D eigenvalue weighted by Crippen LogP contribution is -2.32. The summed E-state index contributed by atoms with van der Waals surface area (Å²) in [7, 11) is 0. The van der Waals surface area contributed by atoms with Crippen molar-refractivity contribution < 1.29 is 9.90 Å². The third-order valence-corrected chi connectivity index (χ3v) is 4.24. The lowest BCUT2D eigenvalue weighted by molar-refractivity contribution is 0.250. The van der Waals surface area contributed by atoms with Gasteiger partial charge in [0.05, 0.1) is 5.54 Å². The third kappa shape index (κ3) is 1.99. The predicted octanol–water partition coefficient (Wildman–Crippen LogP) is 3.14. The Morgan fingerprint density at radius 3 is 2.65 bits per heavy atom. The number of phenols is 1. The Bertz CT molecular complexity index is 488. The second-order valence-electron chi connectivity index (χ2n) is 4.43. The summed E-state index contributed by atoms with van der Waals surface area (Å²) in [5.41, 5.74) is 1.37. The van der Waals surface area contributed by atoms with Gasteiger partial charge in [-0.3, -0.25) is 0 Å². The van der Waals surface area contributed by atoms with E-state index in [2.05, 4.69) is 4.99 Å². The molecule has 1 aromatic carbocycles. The molecular formula is C13H15NO2S. The Kier molecular flexibility index (Phi) is 3.27. The first kappa shape index (κ1) is 12.2. The summed E-state index contributed by atoms with van der Waals surface area (Å²) in [4.78, 5) is 15.6. The highest BCUT2D eigenvalue weighted by Crippen LogP contribution is 2.48. The van der Waals surface area contributed by atoms with E-state index in [0.717, 1.165) is 35.3 Å². The zero-order valence-electron chi connectivity index (χ0n) is 9.99. The number of isocyanates is 1. The first-order chi connectivity index (χ1) is 8.13. The summed E-state index contributed by atoms with van der Waals surface area (Å²) in [6.07, 6.45) is 6.45. The van der Waals surface area contributed by atoms with Gasteiger partial charge < -0.3 is 5.11 Å². The van der Waals surface area contributed by atoms with Crippen molar-refractivity contribution in [1.82, 2.24) is 0 Å². The number of carbonyl (C=O) groups excluding carboxylic acids is 1. The number of hydrogen-bond donors (Lipinski definition) is 1. The molecule has 1 saturated carbocycles. The van der Waals surface area contributed by atoms with Gasteiger partial charge in [0.1, 0.15) is 5.75 Å². The summed E-state index contributed by atoms with van der Waals surface area (Å²) < 4.78 is 0. The Hall–Kier alpha value is -1.25. The van der Waals surface area contributed by atoms with E-state index in [1.54, 1.807) is 23.9 Å². The van der Waals surface area contributed by atoms with Crippen LogP contribution in [0.2, 0.25) is 0 Å². The number of aryl methyl sites for hydroxylation is 1. The normalized spacial score (nSPS) is 17.1. The molecule has 1 N–H and O–H groups in total. The average molecular weight is 249 g/mol. The molecule has 1 aliphatic carbocycles. The molecule has 0 bridgehead atoms. The summed E-state index contributed by atoms with van der Waals surface area (Å²) in [5.74, 6) is 0.269. The van der Waals surface area contributed by atoms with Crippen LogP contribution in [0.3, 0.4) is 0 Å². The molecule has 1 aliphatic rings. The number of aromatic hydroxyl groups is 1. The van der Waals surface area contributed by atoms with Gasteiger partial charge in [-0.15, -0.1) is 11.8 Å². The number of aliphatic imine (C=N–C) groups is 1. The van der Waals surface area contributed by atoms with Crippen molar-refractivity contribution in [3.05, 3.63) is 23.3 Å². The van der Waals surface area contributed by atoms with Crippen molar-refractivity contribution in [2.75, 3.05) is 6.26 Å². The van der Waals surface area contributed by atoms with Gasteiger partial charge in [-0.05, 0) is 55.7 Å². The molecule has 0 spiro atoms. The lowest BCUT2D eigenvalue weighted by Gasteiger charge is -2.38. The average Bonchev–Trinajstić information content (AvgIpc) is 2.27. The van der Waals surface area contributed by atoms with Crippen molar-refractivity contribution >= 4 is 17.8 Å². The van der Waals surface area contributed by atoms with E-state index in [4.69, 9.17) is 0 Å². The third-order valence-electron chi connectivity index (χ3n) is 3.46. The fourth-order valence-electron chi connectivity index (χ4n) is 2.24. The summed E-state index contributed by atoms with van der Waals surface area (Å²) in [5, 5.41) is 9.82. The molecule has 0 heterocycles. The molecule has 90 valence electrons. The minimum atomic E-state index is -0.439. The van der Waals surface area contributed by atoms with Crippen LogP contribution in [0.5, 0.6) is 5.75 Å². The zero-order valence-corrected chi connectivity index (χ0v) is 10.8. The van der Waals surface area contributed by atoms with Crippen molar-refractivity contribution in [2.45, 2.75) is 36.6 Å². The molecule has 4 heteroatoms. The molecule has 0 saturated heterocycles. The van der Waals surface area contributed by atoms with Crippen molar-refractivity contribution in [3.8, 4) is 5.75 Å². The van der Waals surface area contributed by atoms with Crippen LogP contribution in [-0.2, 0) is 10.3 Å². The Morgan fingerprint density at radius 1 is 1.47 bits per heavy atom. The van der Waals surface area contributed by atoms with E-state index in [0.29, 0.717) is 0 Å². The first-order valence-electron chi connectivity index (χ1n) is 5.60. The first-order valence-corrected chi connectivity index (χ1v) is 6.82. The maximum Gasteiger partial charge on any atom is 0.235 e. The molecule has 3 nitrogen and oxygen atoms in total. The standard InChI is InChI=1S/C13H15NO2S/c1-9-6-12(17-2)10(7-11(9)16)13(14-8-15)4-3-5-13/h6-7,16H,3-5H2,1-2H3. The second kappa shape index (κ2) is 4.55. The number of benzene rings is 1. The molecule has 17 heavy (non-hydrogen) atoms. The highest BCUT2D eigenvalue weighted by Gasteiger charge is 2.40.